The number of carbonyl (C=O) groups is 2. The maximum Gasteiger partial charge on any atom is 0.332 e. The molecular formula is C19H29NO4. The predicted octanol–water partition coefficient (Wildman–Crippen LogP) is 2.86. The Labute approximate surface area is 144 Å². The van der Waals surface area contributed by atoms with Gasteiger partial charge in [0, 0.05) is 30.8 Å². The highest BCUT2D eigenvalue weighted by molar-refractivity contribution is 5.96. The van der Waals surface area contributed by atoms with E-state index >= 15 is 0 Å². The number of nitrogens with zero attached hydrogens (tertiary/aromatic N) is 1. The van der Waals surface area contributed by atoms with Gasteiger partial charge in [0.25, 0.3) is 0 Å². The van der Waals surface area contributed by atoms with Gasteiger partial charge >= 0.3 is 5.97 Å². The summed E-state index contributed by atoms with van der Waals surface area (Å²) in [6, 6.07) is 0. The van der Waals surface area contributed by atoms with Gasteiger partial charge in [-0.15, -0.1) is 0 Å². The number of Topliss-reactive ketones (excluding diaryl/α,β-unsaturated/α-hetero) is 1. The van der Waals surface area contributed by atoms with Crippen molar-refractivity contribution in [2.24, 2.45) is 5.92 Å². The van der Waals surface area contributed by atoms with Crippen LogP contribution in [0.15, 0.2) is 23.4 Å². The number of hydrogen-bond donors (Lipinski definition) is 0. The average molecular weight is 335 g/mol. The van der Waals surface area contributed by atoms with Crippen molar-refractivity contribution >= 4 is 11.8 Å². The zero-order valence-electron chi connectivity index (χ0n) is 15.1. The monoisotopic (exact) mass is 335 g/mol. The number of ether oxygens (including phenoxy) is 2. The van der Waals surface area contributed by atoms with Crippen molar-refractivity contribution in [3.63, 3.8) is 0 Å². The Morgan fingerprint density at radius 3 is 2.54 bits per heavy atom. The second kappa shape index (κ2) is 8.47. The standard InChI is InChI=1S/C19H29NO4/c1-5-23-19(22)12-24-16-6-8-20(9-7-16)17-10-15(13(2)3)11-18(21)14(17)4/h15-16H,2,5-12H2,1,3-4H3. The van der Waals surface area contributed by atoms with Gasteiger partial charge in [-0.1, -0.05) is 12.2 Å². The van der Waals surface area contributed by atoms with Gasteiger partial charge in [0.1, 0.15) is 6.61 Å². The van der Waals surface area contributed by atoms with E-state index < -0.39 is 0 Å². The van der Waals surface area contributed by atoms with E-state index in [4.69, 9.17) is 9.47 Å². The quantitative estimate of drug-likeness (QED) is 0.552. The van der Waals surface area contributed by atoms with E-state index in [1.54, 1.807) is 6.92 Å². The zero-order chi connectivity index (χ0) is 17.7. The fourth-order valence-corrected chi connectivity index (χ4v) is 3.39. The molecule has 0 bridgehead atoms. The van der Waals surface area contributed by atoms with Crippen LogP contribution in [0.25, 0.3) is 0 Å². The van der Waals surface area contributed by atoms with Gasteiger partial charge in [-0.05, 0) is 46.0 Å². The highest BCUT2D eigenvalue weighted by Gasteiger charge is 2.30. The Balaban J connectivity index is 1.89. The van der Waals surface area contributed by atoms with E-state index in [-0.39, 0.29) is 30.4 Å². The zero-order valence-corrected chi connectivity index (χ0v) is 15.1. The van der Waals surface area contributed by atoms with E-state index in [1.165, 1.54) is 5.70 Å². The van der Waals surface area contributed by atoms with E-state index in [0.29, 0.717) is 13.0 Å². The predicted molar refractivity (Wildman–Crippen MR) is 92.4 cm³/mol. The lowest BCUT2D eigenvalue weighted by atomic mass is 9.82. The summed E-state index contributed by atoms with van der Waals surface area (Å²) in [6.07, 6.45) is 3.30. The molecular weight excluding hydrogens is 306 g/mol. The molecule has 24 heavy (non-hydrogen) atoms. The maximum absolute atomic E-state index is 12.3. The van der Waals surface area contributed by atoms with Crippen LogP contribution in [0.4, 0.5) is 0 Å². The lowest BCUT2D eigenvalue weighted by Gasteiger charge is -2.38. The molecule has 0 aromatic rings. The Bertz CT molecular complexity index is 529. The molecule has 0 spiro atoms. The normalized spacial score (nSPS) is 22.7. The first kappa shape index (κ1) is 18.7. The number of carbonyl (C=O) groups excluding carboxylic acids is 2. The Hall–Kier alpha value is -1.62. The lowest BCUT2D eigenvalue weighted by molar-refractivity contribution is -0.151. The van der Waals surface area contributed by atoms with Gasteiger partial charge < -0.3 is 14.4 Å². The molecule has 0 saturated carbocycles. The number of likely N-dealkylation sites (tertiary alicyclic amines) is 1. The molecule has 0 aromatic heterocycles. The highest BCUT2D eigenvalue weighted by atomic mass is 16.6. The topological polar surface area (TPSA) is 55.8 Å². The van der Waals surface area contributed by atoms with Crippen LogP contribution in [0.1, 0.15) is 46.5 Å². The number of rotatable bonds is 6. The maximum atomic E-state index is 12.3. The third-order valence-electron chi connectivity index (χ3n) is 4.99. The van der Waals surface area contributed by atoms with Gasteiger partial charge in [0.15, 0.2) is 5.78 Å². The average Bonchev–Trinajstić information content (AvgIpc) is 2.56. The molecule has 5 heteroatoms. The van der Waals surface area contributed by atoms with Crippen LogP contribution in [0, 0.1) is 5.92 Å². The Morgan fingerprint density at radius 2 is 1.96 bits per heavy atom. The summed E-state index contributed by atoms with van der Waals surface area (Å²) in [4.78, 5) is 25.9. The first-order chi connectivity index (χ1) is 11.4. The molecule has 134 valence electrons. The molecule has 0 amide bonds. The molecule has 1 saturated heterocycles. The Kier molecular flexibility index (Phi) is 6.60. The SMILES string of the molecule is C=C(C)C1CC(=O)C(C)=C(N2CCC(OCC(=O)OCC)CC2)C1. The van der Waals surface area contributed by atoms with Gasteiger partial charge in [0.2, 0.25) is 0 Å². The first-order valence-corrected chi connectivity index (χ1v) is 8.82. The molecule has 2 rings (SSSR count). The Morgan fingerprint density at radius 1 is 1.29 bits per heavy atom. The van der Waals surface area contributed by atoms with Crippen molar-refractivity contribution in [1.82, 2.24) is 4.90 Å². The summed E-state index contributed by atoms with van der Waals surface area (Å²) in [5, 5.41) is 0. The number of piperidine rings is 1. The molecule has 0 N–H and O–H groups in total. The van der Waals surface area contributed by atoms with Crippen molar-refractivity contribution in [3.05, 3.63) is 23.4 Å². The van der Waals surface area contributed by atoms with E-state index in [1.807, 2.05) is 13.8 Å². The summed E-state index contributed by atoms with van der Waals surface area (Å²) in [5.74, 6) is 0.194. The van der Waals surface area contributed by atoms with Gasteiger partial charge in [-0.3, -0.25) is 4.79 Å². The lowest BCUT2D eigenvalue weighted by Crippen LogP contribution is -2.39. The minimum atomic E-state index is -0.305. The van der Waals surface area contributed by atoms with Crippen LogP contribution in [0.3, 0.4) is 0 Å². The molecule has 1 aliphatic carbocycles. The minimum Gasteiger partial charge on any atom is -0.464 e. The van der Waals surface area contributed by atoms with Crippen molar-refractivity contribution in [2.75, 3.05) is 26.3 Å². The van der Waals surface area contributed by atoms with Crippen LogP contribution >= 0.6 is 0 Å². The van der Waals surface area contributed by atoms with Crippen LogP contribution < -0.4 is 0 Å². The molecule has 5 nitrogen and oxygen atoms in total. The fourth-order valence-electron chi connectivity index (χ4n) is 3.39. The summed E-state index contributed by atoms with van der Waals surface area (Å²) in [5.41, 5.74) is 3.16. The molecule has 0 aromatic carbocycles. The van der Waals surface area contributed by atoms with Crippen molar-refractivity contribution < 1.29 is 19.1 Å². The summed E-state index contributed by atoms with van der Waals surface area (Å²) < 4.78 is 10.5. The van der Waals surface area contributed by atoms with Crippen molar-refractivity contribution in [3.8, 4) is 0 Å². The van der Waals surface area contributed by atoms with Gasteiger partial charge in [0.05, 0.1) is 12.7 Å². The molecule has 0 radical (unpaired) electrons. The number of esters is 1. The number of ketones is 1. The molecule has 1 atom stereocenters. The van der Waals surface area contributed by atoms with E-state index in [0.717, 1.165) is 43.5 Å². The van der Waals surface area contributed by atoms with Crippen LogP contribution in [-0.2, 0) is 19.1 Å². The second-order valence-electron chi connectivity index (χ2n) is 6.75. The summed E-state index contributed by atoms with van der Waals surface area (Å²) >= 11 is 0. The van der Waals surface area contributed by atoms with E-state index in [9.17, 15) is 9.59 Å². The second-order valence-corrected chi connectivity index (χ2v) is 6.75. The smallest absolute Gasteiger partial charge is 0.332 e. The molecule has 2 aliphatic rings. The number of allylic oxidation sites excluding steroid dienone is 3. The molecule has 1 unspecified atom stereocenters. The van der Waals surface area contributed by atoms with Gasteiger partial charge in [-0.2, -0.15) is 0 Å². The molecule has 1 aliphatic heterocycles. The third kappa shape index (κ3) is 4.69. The molecule has 1 fully saturated rings. The van der Waals surface area contributed by atoms with Crippen LogP contribution in [0.5, 0.6) is 0 Å². The van der Waals surface area contributed by atoms with E-state index in [2.05, 4.69) is 11.5 Å². The third-order valence-corrected chi connectivity index (χ3v) is 4.99. The van der Waals surface area contributed by atoms with Crippen LogP contribution in [0.2, 0.25) is 0 Å². The number of hydrogen-bond acceptors (Lipinski definition) is 5. The van der Waals surface area contributed by atoms with Crippen LogP contribution in [-0.4, -0.2) is 49.1 Å². The summed E-state index contributed by atoms with van der Waals surface area (Å²) in [6.45, 7) is 11.9. The first-order valence-electron chi connectivity index (χ1n) is 8.82. The minimum absolute atomic E-state index is 0.0243. The fraction of sp³-hybridized carbons (Fsp3) is 0.684. The summed E-state index contributed by atoms with van der Waals surface area (Å²) in [7, 11) is 0. The van der Waals surface area contributed by atoms with Crippen molar-refractivity contribution in [1.29, 1.82) is 0 Å². The largest absolute Gasteiger partial charge is 0.464 e. The molecule has 1 heterocycles. The van der Waals surface area contributed by atoms with Crippen molar-refractivity contribution in [2.45, 2.75) is 52.6 Å². The highest BCUT2D eigenvalue weighted by Crippen LogP contribution is 2.34. The van der Waals surface area contributed by atoms with Gasteiger partial charge in [-0.25, -0.2) is 4.79 Å².